The first-order chi connectivity index (χ1) is 13.4. The van der Waals surface area contributed by atoms with Crippen molar-refractivity contribution in [3.05, 3.63) is 46.6 Å². The minimum Gasteiger partial charge on any atom is -0.504 e. The van der Waals surface area contributed by atoms with E-state index in [1.807, 2.05) is 0 Å². The zero-order chi connectivity index (χ0) is 20.3. The lowest BCUT2D eigenvalue weighted by atomic mass is 10.1. The summed E-state index contributed by atoms with van der Waals surface area (Å²) in [6, 6.07) is 9.42. The number of phenols is 3. The van der Waals surface area contributed by atoms with Gasteiger partial charge in [-0.15, -0.1) is 0 Å². The highest BCUT2D eigenvalue weighted by molar-refractivity contribution is 5.89. The number of ether oxygens (including phenoxy) is 1. The van der Waals surface area contributed by atoms with Crippen LogP contribution >= 0.6 is 0 Å². The van der Waals surface area contributed by atoms with Gasteiger partial charge in [0.25, 0.3) is 0 Å². The average Bonchev–Trinajstić information content (AvgIpc) is 2.69. The Bertz CT molecular complexity index is 1020. The molecule has 0 bridgehead atoms. The molecule has 1 aromatic heterocycles. The summed E-state index contributed by atoms with van der Waals surface area (Å²) < 4.78 is 11.4. The second-order valence-corrected chi connectivity index (χ2v) is 6.34. The molecule has 0 amide bonds. The Hall–Kier alpha value is -3.19. The van der Waals surface area contributed by atoms with Gasteiger partial charge in [0.05, 0.1) is 0 Å². The fraction of sp³-hybridized carbons (Fsp3) is 0.286. The summed E-state index contributed by atoms with van der Waals surface area (Å²) in [4.78, 5) is 14.6. The third kappa shape index (κ3) is 3.89. The third-order valence-corrected chi connectivity index (χ3v) is 4.66. The third-order valence-electron chi connectivity index (χ3n) is 4.66. The second-order valence-electron chi connectivity index (χ2n) is 6.34. The van der Waals surface area contributed by atoms with Crippen molar-refractivity contribution in [2.45, 2.75) is 13.8 Å². The van der Waals surface area contributed by atoms with Crippen LogP contribution in [0.3, 0.4) is 0 Å². The van der Waals surface area contributed by atoms with E-state index in [1.165, 1.54) is 6.07 Å². The highest BCUT2D eigenvalue weighted by Gasteiger charge is 2.17. The number of phenolic OH excluding ortho intramolecular Hbond substituents is 3. The van der Waals surface area contributed by atoms with Crippen LogP contribution in [0.15, 0.2) is 45.6 Å². The smallest absolute Gasteiger partial charge is 0.201 e. The fourth-order valence-corrected chi connectivity index (χ4v) is 2.97. The van der Waals surface area contributed by atoms with E-state index in [2.05, 4.69) is 18.7 Å². The van der Waals surface area contributed by atoms with E-state index in [9.17, 15) is 20.1 Å². The molecular weight excluding hydrogens is 362 g/mol. The number of aromatic hydroxyl groups is 3. The summed E-state index contributed by atoms with van der Waals surface area (Å²) >= 11 is 0. The number of benzene rings is 2. The van der Waals surface area contributed by atoms with E-state index >= 15 is 0 Å². The Kier molecular flexibility index (Phi) is 5.75. The fourth-order valence-electron chi connectivity index (χ4n) is 2.97. The van der Waals surface area contributed by atoms with Crippen molar-refractivity contribution in [1.29, 1.82) is 0 Å². The lowest BCUT2D eigenvalue weighted by Crippen LogP contribution is -2.27. The first-order valence-electron chi connectivity index (χ1n) is 9.11. The highest BCUT2D eigenvalue weighted by atomic mass is 16.5. The Morgan fingerprint density at radius 3 is 2.32 bits per heavy atom. The summed E-state index contributed by atoms with van der Waals surface area (Å²) in [6.07, 6.45) is 0. The van der Waals surface area contributed by atoms with Gasteiger partial charge >= 0.3 is 0 Å². The predicted octanol–water partition coefficient (Wildman–Crippen LogP) is 3.30. The molecule has 0 fully saturated rings. The first-order valence-corrected chi connectivity index (χ1v) is 9.11. The summed E-state index contributed by atoms with van der Waals surface area (Å²) in [7, 11) is 0. The molecule has 0 spiro atoms. The van der Waals surface area contributed by atoms with Gasteiger partial charge in [-0.2, -0.15) is 0 Å². The molecule has 3 rings (SSSR count). The average molecular weight is 385 g/mol. The van der Waals surface area contributed by atoms with Crippen LogP contribution in [-0.4, -0.2) is 46.5 Å². The maximum atomic E-state index is 12.3. The van der Waals surface area contributed by atoms with Crippen molar-refractivity contribution < 1.29 is 24.5 Å². The molecule has 0 aliphatic carbocycles. The number of likely N-dealkylation sites (N-methyl/N-ethyl adjacent to an activating group) is 1. The van der Waals surface area contributed by atoms with Gasteiger partial charge < -0.3 is 29.4 Å². The molecule has 0 atom stereocenters. The molecule has 3 N–H and O–H groups in total. The maximum absolute atomic E-state index is 12.3. The highest BCUT2D eigenvalue weighted by Crippen LogP contribution is 2.40. The second kappa shape index (κ2) is 8.22. The molecule has 148 valence electrons. The topological polar surface area (TPSA) is 103 Å². The van der Waals surface area contributed by atoms with Crippen molar-refractivity contribution in [2.24, 2.45) is 0 Å². The molecule has 0 radical (unpaired) electrons. The van der Waals surface area contributed by atoms with Crippen LogP contribution in [-0.2, 0) is 0 Å². The number of nitrogens with zero attached hydrogens (tertiary/aromatic N) is 1. The first kappa shape index (κ1) is 19.6. The molecule has 1 heterocycles. The van der Waals surface area contributed by atoms with Crippen LogP contribution in [0.2, 0.25) is 0 Å². The van der Waals surface area contributed by atoms with Crippen LogP contribution in [0.1, 0.15) is 13.8 Å². The molecule has 3 aromatic rings. The molecule has 0 saturated heterocycles. The van der Waals surface area contributed by atoms with E-state index in [4.69, 9.17) is 9.15 Å². The van der Waals surface area contributed by atoms with E-state index in [0.29, 0.717) is 17.9 Å². The van der Waals surface area contributed by atoms with Gasteiger partial charge in [-0.3, -0.25) is 4.79 Å². The Morgan fingerprint density at radius 1 is 1.00 bits per heavy atom. The molecular formula is C21H23NO6. The summed E-state index contributed by atoms with van der Waals surface area (Å²) in [5, 5.41) is 28.9. The minimum atomic E-state index is -0.751. The normalized spacial score (nSPS) is 11.2. The van der Waals surface area contributed by atoms with E-state index in [1.54, 1.807) is 24.3 Å². The van der Waals surface area contributed by atoms with Gasteiger partial charge in [-0.05, 0) is 37.4 Å². The Morgan fingerprint density at radius 2 is 1.68 bits per heavy atom. The number of hydrogen-bond donors (Lipinski definition) is 3. The molecule has 0 aliphatic rings. The summed E-state index contributed by atoms with van der Waals surface area (Å²) in [5.41, 5.74) is 0.0978. The molecule has 28 heavy (non-hydrogen) atoms. The number of hydrogen-bond acceptors (Lipinski definition) is 7. The van der Waals surface area contributed by atoms with Gasteiger partial charge in [-0.25, -0.2) is 0 Å². The van der Waals surface area contributed by atoms with Crippen molar-refractivity contribution >= 4 is 11.0 Å². The van der Waals surface area contributed by atoms with E-state index < -0.39 is 22.7 Å². The number of fused-ring (bicyclic) bond motifs is 1. The van der Waals surface area contributed by atoms with Gasteiger partial charge in [0.15, 0.2) is 16.9 Å². The molecule has 0 saturated carbocycles. The van der Waals surface area contributed by atoms with Gasteiger partial charge in [-0.1, -0.05) is 13.8 Å². The zero-order valence-electron chi connectivity index (χ0n) is 15.8. The summed E-state index contributed by atoms with van der Waals surface area (Å²) in [6.45, 7) is 7.58. The lowest BCUT2D eigenvalue weighted by Gasteiger charge is -2.18. The Labute approximate surface area is 162 Å². The van der Waals surface area contributed by atoms with Crippen molar-refractivity contribution in [3.63, 3.8) is 0 Å². The van der Waals surface area contributed by atoms with Crippen molar-refractivity contribution in [3.8, 4) is 34.3 Å². The number of rotatable bonds is 7. The minimum absolute atomic E-state index is 0.0187. The van der Waals surface area contributed by atoms with Crippen LogP contribution < -0.4 is 10.2 Å². The van der Waals surface area contributed by atoms with Crippen LogP contribution in [0.4, 0.5) is 0 Å². The standard InChI is InChI=1S/C21H23NO6/c1-3-22(4-2)9-10-27-14-7-5-13(6-8-14)17-11-15(23)19-18(28-17)12-16(24)20(25)21(19)26/h5-8,11-12,24-26H,3-4,9-10H2,1-2H3. The quantitative estimate of drug-likeness (QED) is 0.536. The monoisotopic (exact) mass is 385 g/mol. The zero-order valence-corrected chi connectivity index (χ0v) is 15.8. The molecule has 2 aromatic carbocycles. The van der Waals surface area contributed by atoms with Gasteiger partial charge in [0.1, 0.15) is 29.1 Å². The SMILES string of the molecule is CCN(CC)CCOc1ccc(-c2cc(=O)c3c(O)c(O)c(O)cc3o2)cc1. The predicted molar refractivity (Wildman–Crippen MR) is 106 cm³/mol. The lowest BCUT2D eigenvalue weighted by molar-refractivity contribution is 0.223. The van der Waals surface area contributed by atoms with E-state index in [0.717, 1.165) is 25.7 Å². The van der Waals surface area contributed by atoms with Gasteiger partial charge in [0, 0.05) is 24.2 Å². The Balaban J connectivity index is 1.83. The summed E-state index contributed by atoms with van der Waals surface area (Å²) in [5.74, 6) is -1.04. The molecule has 0 unspecified atom stereocenters. The molecule has 0 aliphatic heterocycles. The largest absolute Gasteiger partial charge is 0.504 e. The maximum Gasteiger partial charge on any atom is 0.201 e. The van der Waals surface area contributed by atoms with Crippen molar-refractivity contribution in [2.75, 3.05) is 26.2 Å². The van der Waals surface area contributed by atoms with Crippen LogP contribution in [0, 0.1) is 0 Å². The molecule has 7 nitrogen and oxygen atoms in total. The van der Waals surface area contributed by atoms with Crippen LogP contribution in [0.25, 0.3) is 22.3 Å². The van der Waals surface area contributed by atoms with Gasteiger partial charge in [0.2, 0.25) is 5.75 Å². The van der Waals surface area contributed by atoms with Crippen molar-refractivity contribution in [1.82, 2.24) is 4.90 Å². The van der Waals surface area contributed by atoms with E-state index in [-0.39, 0.29) is 16.7 Å². The molecule has 7 heteroatoms. The van der Waals surface area contributed by atoms with Crippen LogP contribution in [0.5, 0.6) is 23.0 Å².